The van der Waals surface area contributed by atoms with Crippen LogP contribution < -0.4 is 16.0 Å². The van der Waals surface area contributed by atoms with Crippen LogP contribution in [0.4, 0.5) is 17.3 Å². The third-order valence-electron chi connectivity index (χ3n) is 6.40. The minimum absolute atomic E-state index is 0.121. The summed E-state index contributed by atoms with van der Waals surface area (Å²) in [6.45, 7) is 4.75. The summed E-state index contributed by atoms with van der Waals surface area (Å²) in [5.74, 6) is 0.123. The lowest BCUT2D eigenvalue weighted by atomic mass is 10.0. The third kappa shape index (κ3) is 5.62. The van der Waals surface area contributed by atoms with Crippen molar-refractivity contribution in [2.24, 2.45) is 0 Å². The number of amides is 2. The number of rotatable bonds is 6. The maximum absolute atomic E-state index is 12.6. The summed E-state index contributed by atoms with van der Waals surface area (Å²) in [5, 5.41) is 9.57. The Morgan fingerprint density at radius 3 is 2.62 bits per heavy atom. The quantitative estimate of drug-likeness (QED) is 0.312. The molecule has 3 N–H and O–H groups in total. The van der Waals surface area contributed by atoms with E-state index in [0.29, 0.717) is 34.5 Å². The van der Waals surface area contributed by atoms with Gasteiger partial charge in [0.05, 0.1) is 17.8 Å². The number of benzene rings is 3. The normalized spacial score (nSPS) is 12.1. The molecule has 0 bridgehead atoms. The van der Waals surface area contributed by atoms with Gasteiger partial charge in [-0.25, -0.2) is 9.97 Å². The van der Waals surface area contributed by atoms with Crippen molar-refractivity contribution in [3.05, 3.63) is 99.7 Å². The van der Waals surface area contributed by atoms with Gasteiger partial charge in [0.25, 0.3) is 5.91 Å². The molecule has 3 aromatic carbocycles. The Kier molecular flexibility index (Phi) is 6.88. The van der Waals surface area contributed by atoms with Crippen LogP contribution in [0, 0.1) is 13.8 Å². The Morgan fingerprint density at radius 2 is 1.84 bits per heavy atom. The van der Waals surface area contributed by atoms with Gasteiger partial charge >= 0.3 is 0 Å². The number of aromatic nitrogens is 2. The van der Waals surface area contributed by atoms with Crippen molar-refractivity contribution < 1.29 is 9.59 Å². The van der Waals surface area contributed by atoms with Crippen LogP contribution in [0.25, 0.3) is 11.3 Å². The Morgan fingerprint density at radius 1 is 1.03 bits per heavy atom. The standard InChI is InChI=1S/C29H26ClN5O2/c1-17-3-4-19(13-18(17)2)11-12-31-28(37)20-5-8-23(9-6-20)33-29-32-16-21-14-26(36)34-25-15-22(30)7-10-24(25)27(21)35-29/h3-10,13,15-16H,11-12,14H2,1-2H3,(H,31,37)(H,34,36)(H,32,33,35). The Balaban J connectivity index is 1.25. The van der Waals surface area contributed by atoms with E-state index in [-0.39, 0.29) is 18.2 Å². The predicted molar refractivity (Wildman–Crippen MR) is 146 cm³/mol. The first-order valence-electron chi connectivity index (χ1n) is 12.0. The van der Waals surface area contributed by atoms with E-state index in [1.165, 1.54) is 16.7 Å². The number of hydrogen-bond donors (Lipinski definition) is 3. The SMILES string of the molecule is Cc1ccc(CCNC(=O)c2ccc(Nc3ncc4c(n3)-c3ccc(Cl)cc3NC(=O)C4)cc2)cc1C. The molecule has 0 saturated carbocycles. The van der Waals surface area contributed by atoms with Gasteiger partial charge in [0, 0.05) is 40.1 Å². The van der Waals surface area contributed by atoms with Crippen molar-refractivity contribution in [3.63, 3.8) is 0 Å². The van der Waals surface area contributed by atoms with Gasteiger partial charge in [0.1, 0.15) is 0 Å². The summed E-state index contributed by atoms with van der Waals surface area (Å²) in [5.41, 5.74) is 7.84. The molecule has 2 amide bonds. The van der Waals surface area contributed by atoms with Crippen LogP contribution in [0.3, 0.4) is 0 Å². The average Bonchev–Trinajstić information content (AvgIpc) is 3.01. The monoisotopic (exact) mass is 511 g/mol. The molecule has 0 aliphatic carbocycles. The highest BCUT2D eigenvalue weighted by Crippen LogP contribution is 2.34. The van der Waals surface area contributed by atoms with E-state index in [0.717, 1.165) is 23.2 Å². The molecular weight excluding hydrogens is 486 g/mol. The zero-order valence-corrected chi connectivity index (χ0v) is 21.3. The van der Waals surface area contributed by atoms with Crippen LogP contribution in [-0.2, 0) is 17.6 Å². The van der Waals surface area contributed by atoms with Gasteiger partial charge in [0.2, 0.25) is 11.9 Å². The molecule has 1 aromatic heterocycles. The summed E-state index contributed by atoms with van der Waals surface area (Å²) in [6.07, 6.45) is 2.61. The molecule has 37 heavy (non-hydrogen) atoms. The zero-order valence-electron chi connectivity index (χ0n) is 20.6. The number of anilines is 3. The number of halogens is 1. The van der Waals surface area contributed by atoms with Crippen LogP contribution in [0.1, 0.15) is 32.6 Å². The van der Waals surface area contributed by atoms with E-state index < -0.39 is 0 Å². The van der Waals surface area contributed by atoms with Crippen molar-refractivity contribution in [1.29, 1.82) is 0 Å². The fraction of sp³-hybridized carbons (Fsp3) is 0.172. The minimum atomic E-state index is -0.144. The first-order valence-corrected chi connectivity index (χ1v) is 12.4. The molecule has 7 nitrogen and oxygen atoms in total. The lowest BCUT2D eigenvalue weighted by molar-refractivity contribution is -0.115. The van der Waals surface area contributed by atoms with E-state index in [1.54, 1.807) is 30.5 Å². The van der Waals surface area contributed by atoms with Crippen LogP contribution in [0.5, 0.6) is 0 Å². The summed E-state index contributed by atoms with van der Waals surface area (Å²) >= 11 is 6.12. The Labute approximate surface area is 220 Å². The molecule has 8 heteroatoms. The second-order valence-corrected chi connectivity index (χ2v) is 9.55. The third-order valence-corrected chi connectivity index (χ3v) is 6.64. The summed E-state index contributed by atoms with van der Waals surface area (Å²) in [4.78, 5) is 33.9. The van der Waals surface area contributed by atoms with Crippen LogP contribution in [0.15, 0.2) is 66.9 Å². The maximum atomic E-state index is 12.6. The molecule has 5 rings (SSSR count). The lowest BCUT2D eigenvalue weighted by Gasteiger charge is -2.11. The maximum Gasteiger partial charge on any atom is 0.251 e. The molecule has 1 aliphatic heterocycles. The van der Waals surface area contributed by atoms with Gasteiger partial charge in [-0.1, -0.05) is 29.8 Å². The van der Waals surface area contributed by atoms with Crippen LogP contribution in [-0.4, -0.2) is 28.3 Å². The average molecular weight is 512 g/mol. The molecule has 0 unspecified atom stereocenters. The van der Waals surface area contributed by atoms with E-state index >= 15 is 0 Å². The fourth-order valence-electron chi connectivity index (χ4n) is 4.24. The number of nitrogens with one attached hydrogen (secondary N) is 3. The molecule has 1 aliphatic rings. The Hall–Kier alpha value is -4.23. The second-order valence-electron chi connectivity index (χ2n) is 9.11. The molecule has 0 atom stereocenters. The molecular formula is C29H26ClN5O2. The first kappa shape index (κ1) is 24.5. The highest BCUT2D eigenvalue weighted by atomic mass is 35.5. The van der Waals surface area contributed by atoms with Gasteiger partial charge in [0.15, 0.2) is 0 Å². The number of hydrogen-bond acceptors (Lipinski definition) is 5. The number of fused-ring (bicyclic) bond motifs is 3. The lowest BCUT2D eigenvalue weighted by Crippen LogP contribution is -2.25. The van der Waals surface area contributed by atoms with Gasteiger partial charge in [-0.3, -0.25) is 9.59 Å². The van der Waals surface area contributed by atoms with E-state index in [4.69, 9.17) is 11.6 Å². The highest BCUT2D eigenvalue weighted by Gasteiger charge is 2.21. The number of carbonyl (C=O) groups is 2. The van der Waals surface area contributed by atoms with Crippen LogP contribution in [0.2, 0.25) is 5.02 Å². The molecule has 2 heterocycles. The van der Waals surface area contributed by atoms with Crippen molar-refractivity contribution in [2.45, 2.75) is 26.7 Å². The molecule has 0 fully saturated rings. The molecule has 186 valence electrons. The zero-order chi connectivity index (χ0) is 25.9. The van der Waals surface area contributed by atoms with Gasteiger partial charge < -0.3 is 16.0 Å². The van der Waals surface area contributed by atoms with Crippen molar-refractivity contribution in [2.75, 3.05) is 17.2 Å². The van der Waals surface area contributed by atoms with Gasteiger partial charge in [-0.05, 0) is 79.4 Å². The minimum Gasteiger partial charge on any atom is -0.352 e. The number of carbonyl (C=O) groups excluding carboxylic acids is 2. The number of nitrogens with zero attached hydrogens (tertiary/aromatic N) is 2. The Bertz CT molecular complexity index is 1500. The molecule has 0 spiro atoms. The van der Waals surface area contributed by atoms with Gasteiger partial charge in [-0.2, -0.15) is 0 Å². The topological polar surface area (TPSA) is 96.0 Å². The second kappa shape index (κ2) is 10.4. The molecule has 4 aromatic rings. The molecule has 0 saturated heterocycles. The molecule has 0 radical (unpaired) electrons. The summed E-state index contributed by atoms with van der Waals surface area (Å²) in [7, 11) is 0. The first-order chi connectivity index (χ1) is 17.9. The van der Waals surface area contributed by atoms with E-state index in [1.807, 2.05) is 18.2 Å². The van der Waals surface area contributed by atoms with Gasteiger partial charge in [-0.15, -0.1) is 0 Å². The number of aryl methyl sites for hydroxylation is 2. The summed E-state index contributed by atoms with van der Waals surface area (Å²) in [6, 6.07) is 18.8. The smallest absolute Gasteiger partial charge is 0.251 e. The van der Waals surface area contributed by atoms with Crippen molar-refractivity contribution in [1.82, 2.24) is 15.3 Å². The van der Waals surface area contributed by atoms with E-state index in [9.17, 15) is 9.59 Å². The van der Waals surface area contributed by atoms with Crippen molar-refractivity contribution >= 4 is 40.7 Å². The predicted octanol–water partition coefficient (Wildman–Crippen LogP) is 5.62. The highest BCUT2D eigenvalue weighted by molar-refractivity contribution is 6.31. The summed E-state index contributed by atoms with van der Waals surface area (Å²) < 4.78 is 0. The fourth-order valence-corrected chi connectivity index (χ4v) is 4.41. The largest absolute Gasteiger partial charge is 0.352 e. The van der Waals surface area contributed by atoms with E-state index in [2.05, 4.69) is 58.0 Å². The van der Waals surface area contributed by atoms with Crippen LogP contribution >= 0.6 is 11.6 Å². The van der Waals surface area contributed by atoms with Crippen molar-refractivity contribution in [3.8, 4) is 11.3 Å².